The molecule has 2 heterocycles. The summed E-state index contributed by atoms with van der Waals surface area (Å²) in [6.07, 6.45) is -5.82. The SMILES string of the molecule is O=c1ccn([C@@H]2O[C@H](C(I)OP(=O)(O)OP(=O)(O)OP(=O)(O)O)[C@@H](O)[C@H]2O)c(=O)[nH]1. The largest absolute Gasteiger partial charge is 0.490 e. The Morgan fingerprint density at radius 1 is 1.07 bits per heavy atom. The van der Waals surface area contributed by atoms with E-state index >= 15 is 0 Å². The normalized spacial score (nSPS) is 29.8. The maximum atomic E-state index is 11.9. The topological polar surface area (TPSA) is 264 Å². The molecule has 1 aromatic rings. The van der Waals surface area contributed by atoms with Crippen LogP contribution in [-0.4, -0.2) is 61.8 Å². The highest BCUT2D eigenvalue weighted by molar-refractivity contribution is 14.1. The number of nitrogens with one attached hydrogen (secondary N) is 1. The zero-order chi connectivity index (χ0) is 23.1. The average molecular weight is 610 g/mol. The Kier molecular flexibility index (Phi) is 8.03. The lowest BCUT2D eigenvalue weighted by Crippen LogP contribution is -2.38. The molecule has 1 aromatic heterocycles. The summed E-state index contributed by atoms with van der Waals surface area (Å²) in [6.45, 7) is 0. The van der Waals surface area contributed by atoms with Crippen molar-refractivity contribution in [1.82, 2.24) is 9.55 Å². The number of aliphatic hydroxyl groups is 2. The minimum atomic E-state index is -5.76. The first kappa shape index (κ1) is 26.0. The van der Waals surface area contributed by atoms with E-state index in [1.165, 1.54) is 22.6 Å². The van der Waals surface area contributed by atoms with Crippen LogP contribution in [0.3, 0.4) is 0 Å². The quantitative estimate of drug-likeness (QED) is 0.0979. The molecule has 172 valence electrons. The molecule has 0 spiro atoms. The predicted octanol–water partition coefficient (Wildman–Crippen LogP) is -1.74. The zero-order valence-corrected chi connectivity index (χ0v) is 18.9. The first-order valence-electron chi connectivity index (χ1n) is 7.31. The van der Waals surface area contributed by atoms with Crippen LogP contribution in [0.5, 0.6) is 0 Å². The Bertz CT molecular complexity index is 1030. The summed E-state index contributed by atoms with van der Waals surface area (Å²) >= 11 is 1.28. The molecule has 2 rings (SSSR count). The van der Waals surface area contributed by atoms with Crippen molar-refractivity contribution < 1.29 is 61.4 Å². The van der Waals surface area contributed by atoms with Crippen molar-refractivity contribution in [2.45, 2.75) is 28.7 Å². The Hall–Kier alpha value is -0.300. The second-order valence-electron chi connectivity index (χ2n) is 5.54. The summed E-state index contributed by atoms with van der Waals surface area (Å²) in [6, 6.07) is 0.921. The molecule has 3 unspecified atom stereocenters. The number of alkyl halides is 1. The van der Waals surface area contributed by atoms with Gasteiger partial charge < -0.3 is 34.5 Å². The molecule has 0 bridgehead atoms. The van der Waals surface area contributed by atoms with Gasteiger partial charge in [0.2, 0.25) is 0 Å². The van der Waals surface area contributed by atoms with Gasteiger partial charge in [-0.05, 0) is 22.6 Å². The van der Waals surface area contributed by atoms with Crippen molar-refractivity contribution >= 4 is 46.1 Å². The number of phosphoric acid groups is 3. The van der Waals surface area contributed by atoms with Crippen LogP contribution >= 0.6 is 46.1 Å². The number of aromatic amines is 1. The van der Waals surface area contributed by atoms with Crippen LogP contribution < -0.4 is 11.2 Å². The van der Waals surface area contributed by atoms with E-state index < -0.39 is 63.4 Å². The highest BCUT2D eigenvalue weighted by Gasteiger charge is 2.50. The summed E-state index contributed by atoms with van der Waals surface area (Å²) in [7, 11) is -16.9. The van der Waals surface area contributed by atoms with E-state index in [1.54, 1.807) is 0 Å². The number of hydrogen-bond donors (Lipinski definition) is 7. The summed E-state index contributed by atoms with van der Waals surface area (Å²) in [5.74, 6) is 0. The molecule has 17 nitrogen and oxygen atoms in total. The Morgan fingerprint density at radius 2 is 1.67 bits per heavy atom. The molecule has 1 saturated heterocycles. The first-order valence-corrected chi connectivity index (χ1v) is 13.1. The third-order valence-corrected chi connectivity index (χ3v) is 8.49. The molecule has 7 atom stereocenters. The van der Waals surface area contributed by atoms with Crippen LogP contribution in [0.2, 0.25) is 0 Å². The molecule has 1 aliphatic rings. The predicted molar refractivity (Wildman–Crippen MR) is 100 cm³/mol. The van der Waals surface area contributed by atoms with Gasteiger partial charge in [-0.3, -0.25) is 18.9 Å². The minimum absolute atomic E-state index is 0.712. The first-order chi connectivity index (χ1) is 13.5. The molecule has 0 aromatic carbocycles. The molecule has 0 aliphatic carbocycles. The van der Waals surface area contributed by atoms with E-state index in [4.69, 9.17) is 19.4 Å². The molecule has 1 aliphatic heterocycles. The second-order valence-corrected chi connectivity index (χ2v) is 11.1. The third kappa shape index (κ3) is 6.85. The van der Waals surface area contributed by atoms with Gasteiger partial charge in [0.05, 0.1) is 0 Å². The number of H-pyrrole nitrogens is 1. The highest BCUT2D eigenvalue weighted by Crippen LogP contribution is 2.67. The van der Waals surface area contributed by atoms with Gasteiger partial charge in [0, 0.05) is 12.3 Å². The lowest BCUT2D eigenvalue weighted by molar-refractivity contribution is -0.0583. The van der Waals surface area contributed by atoms with E-state index in [-0.39, 0.29) is 0 Å². The summed E-state index contributed by atoms with van der Waals surface area (Å²) in [4.78, 5) is 60.4. The Labute approximate surface area is 178 Å². The van der Waals surface area contributed by atoms with Crippen LogP contribution in [0, 0.1) is 0 Å². The molecule has 0 saturated carbocycles. The number of ether oxygens (including phenoxy) is 1. The van der Waals surface area contributed by atoms with Crippen LogP contribution in [-0.2, 0) is 31.6 Å². The van der Waals surface area contributed by atoms with Crippen molar-refractivity contribution in [3.63, 3.8) is 0 Å². The van der Waals surface area contributed by atoms with Gasteiger partial charge in [0.25, 0.3) is 5.56 Å². The highest BCUT2D eigenvalue weighted by atomic mass is 127. The number of phosphoric ester groups is 1. The fourth-order valence-corrected chi connectivity index (χ4v) is 6.74. The fraction of sp³-hybridized carbons (Fsp3) is 0.556. The average Bonchev–Trinajstić information content (AvgIpc) is 2.79. The second kappa shape index (κ2) is 9.29. The standard InChI is InChI=1S/C9H14IN2O15P3/c10-7(25-29(20,21)27-30(22,23)26-28(17,18)19)6-4(14)5(15)8(24-6)12-2-1-3(13)11-9(12)16/h1-2,4-8,14-15H,(H,20,21)(H,22,23)(H,11,13,16)(H2,17,18,19)/t4-,5+,6-,7?,8+/m0/s1. The molecule has 1 fully saturated rings. The van der Waals surface area contributed by atoms with Gasteiger partial charge in [-0.25, -0.2) is 18.5 Å². The van der Waals surface area contributed by atoms with Crippen LogP contribution in [0.1, 0.15) is 6.23 Å². The van der Waals surface area contributed by atoms with Gasteiger partial charge in [-0.1, -0.05) is 0 Å². The molecule has 7 N–H and O–H groups in total. The van der Waals surface area contributed by atoms with Crippen molar-refractivity contribution in [3.8, 4) is 0 Å². The van der Waals surface area contributed by atoms with Gasteiger partial charge in [-0.15, -0.1) is 0 Å². The lowest BCUT2D eigenvalue weighted by atomic mass is 10.1. The molecule has 21 heteroatoms. The van der Waals surface area contributed by atoms with Crippen LogP contribution in [0.15, 0.2) is 21.9 Å². The van der Waals surface area contributed by atoms with Crippen molar-refractivity contribution in [3.05, 3.63) is 33.1 Å². The van der Waals surface area contributed by atoms with E-state index in [0.717, 1.165) is 12.3 Å². The van der Waals surface area contributed by atoms with Crippen LogP contribution in [0.4, 0.5) is 0 Å². The monoisotopic (exact) mass is 610 g/mol. The van der Waals surface area contributed by atoms with Gasteiger partial charge in [0.1, 0.15) is 22.4 Å². The maximum absolute atomic E-state index is 11.9. The summed E-state index contributed by atoms with van der Waals surface area (Å²) in [5.41, 5.74) is -1.75. The molecule has 0 radical (unpaired) electrons. The van der Waals surface area contributed by atoms with Crippen LogP contribution in [0.25, 0.3) is 0 Å². The van der Waals surface area contributed by atoms with E-state index in [2.05, 4.69) is 13.1 Å². The number of nitrogens with zero attached hydrogens (tertiary/aromatic N) is 1. The van der Waals surface area contributed by atoms with Gasteiger partial charge >= 0.3 is 29.2 Å². The fourth-order valence-electron chi connectivity index (χ4n) is 2.25. The maximum Gasteiger partial charge on any atom is 0.490 e. The smallest absolute Gasteiger partial charge is 0.387 e. The number of hydrogen-bond acceptors (Lipinski definition) is 11. The number of aliphatic hydroxyl groups excluding tert-OH is 2. The van der Waals surface area contributed by atoms with Crippen molar-refractivity contribution in [1.29, 1.82) is 0 Å². The Balaban J connectivity index is 2.14. The van der Waals surface area contributed by atoms with E-state index in [1.807, 2.05) is 4.98 Å². The van der Waals surface area contributed by atoms with Gasteiger partial charge in [-0.2, -0.15) is 8.62 Å². The Morgan fingerprint density at radius 3 is 2.20 bits per heavy atom. The van der Waals surface area contributed by atoms with Gasteiger partial charge in [0.15, 0.2) is 6.23 Å². The summed E-state index contributed by atoms with van der Waals surface area (Å²) in [5, 5.41) is 20.2. The minimum Gasteiger partial charge on any atom is -0.387 e. The zero-order valence-electron chi connectivity index (χ0n) is 14.1. The lowest BCUT2D eigenvalue weighted by Gasteiger charge is -2.23. The molecular formula is C9H14IN2O15P3. The molecular weight excluding hydrogens is 596 g/mol. The van der Waals surface area contributed by atoms with Crippen molar-refractivity contribution in [2.75, 3.05) is 0 Å². The van der Waals surface area contributed by atoms with E-state index in [0.29, 0.717) is 4.57 Å². The third-order valence-electron chi connectivity index (χ3n) is 3.31. The number of rotatable bonds is 8. The summed E-state index contributed by atoms with van der Waals surface area (Å²) < 4.78 is 49.7. The molecule has 30 heavy (non-hydrogen) atoms. The number of halogens is 1. The van der Waals surface area contributed by atoms with Crippen molar-refractivity contribution in [2.24, 2.45) is 0 Å². The number of aromatic nitrogens is 2. The molecule has 0 amide bonds. The van der Waals surface area contributed by atoms with E-state index in [9.17, 15) is 38.4 Å².